The van der Waals surface area contributed by atoms with Crippen LogP contribution >= 0.6 is 34.2 Å². The number of furan rings is 1. The van der Waals surface area contributed by atoms with Gasteiger partial charge in [-0.15, -0.1) is 0 Å². The number of benzene rings is 2. The van der Waals surface area contributed by atoms with Gasteiger partial charge in [0.05, 0.1) is 10.5 Å². The number of carbonyl (C=O) groups excluding carboxylic acids is 1. The molecule has 1 aromatic heterocycles. The second-order valence-electron chi connectivity index (χ2n) is 5.75. The Morgan fingerprint density at radius 3 is 2.72 bits per heavy atom. The lowest BCUT2D eigenvalue weighted by Gasteiger charge is -2.04. The molecule has 0 unspecified atom stereocenters. The summed E-state index contributed by atoms with van der Waals surface area (Å²) in [5.74, 6) is -0.168. The average molecular weight is 520 g/mol. The Labute approximate surface area is 183 Å². The Kier molecular flexibility index (Phi) is 6.31. The Morgan fingerprint density at radius 1 is 1.24 bits per heavy atom. The first-order valence-electron chi connectivity index (χ1n) is 8.10. The van der Waals surface area contributed by atoms with Gasteiger partial charge in [-0.05, 0) is 65.1 Å². The van der Waals surface area contributed by atoms with E-state index in [4.69, 9.17) is 16.0 Å². The number of nitrogens with one attached hydrogen (secondary N) is 1. The van der Waals surface area contributed by atoms with Crippen molar-refractivity contribution in [3.8, 4) is 17.4 Å². The second kappa shape index (κ2) is 8.89. The van der Waals surface area contributed by atoms with Crippen LogP contribution in [-0.4, -0.2) is 10.8 Å². The molecule has 1 N–H and O–H groups in total. The van der Waals surface area contributed by atoms with Gasteiger partial charge in [-0.1, -0.05) is 17.7 Å². The van der Waals surface area contributed by atoms with Crippen molar-refractivity contribution in [2.45, 2.75) is 0 Å². The van der Waals surface area contributed by atoms with Crippen LogP contribution in [0.4, 0.5) is 11.4 Å². The summed E-state index contributed by atoms with van der Waals surface area (Å²) < 4.78 is 6.53. The number of nitro benzene ring substituents is 1. The summed E-state index contributed by atoms with van der Waals surface area (Å²) in [5, 5.41) is 23.5. The second-order valence-corrected chi connectivity index (χ2v) is 7.44. The first-order chi connectivity index (χ1) is 13.9. The quantitative estimate of drug-likeness (QED) is 0.154. The van der Waals surface area contributed by atoms with Crippen LogP contribution in [0.3, 0.4) is 0 Å². The molecular weight excluding hydrogens is 509 g/mol. The highest BCUT2D eigenvalue weighted by Crippen LogP contribution is 2.33. The van der Waals surface area contributed by atoms with E-state index in [1.54, 1.807) is 18.2 Å². The van der Waals surface area contributed by atoms with Gasteiger partial charge >= 0.3 is 0 Å². The van der Waals surface area contributed by atoms with Crippen molar-refractivity contribution in [3.05, 3.63) is 84.6 Å². The molecular formula is C20H11ClIN3O4. The highest BCUT2D eigenvalue weighted by molar-refractivity contribution is 14.1. The monoisotopic (exact) mass is 519 g/mol. The third-order valence-electron chi connectivity index (χ3n) is 3.78. The summed E-state index contributed by atoms with van der Waals surface area (Å²) in [5.41, 5.74) is 0.413. The molecule has 7 nitrogen and oxygen atoms in total. The molecule has 0 aliphatic carbocycles. The summed E-state index contributed by atoms with van der Waals surface area (Å²) in [6.45, 7) is 0. The van der Waals surface area contributed by atoms with Crippen LogP contribution in [-0.2, 0) is 4.79 Å². The molecule has 0 saturated carbocycles. The predicted molar refractivity (Wildman–Crippen MR) is 117 cm³/mol. The van der Waals surface area contributed by atoms with Crippen molar-refractivity contribution in [2.75, 3.05) is 5.32 Å². The van der Waals surface area contributed by atoms with Crippen LogP contribution in [0.5, 0.6) is 0 Å². The maximum absolute atomic E-state index is 12.4. The molecule has 0 aliphatic rings. The van der Waals surface area contributed by atoms with Crippen LogP contribution in [0.1, 0.15) is 5.76 Å². The summed E-state index contributed by atoms with van der Waals surface area (Å²) in [6, 6.07) is 16.2. The van der Waals surface area contributed by atoms with Crippen LogP contribution in [0, 0.1) is 25.0 Å². The lowest BCUT2D eigenvalue weighted by molar-refractivity contribution is -0.384. The van der Waals surface area contributed by atoms with Crippen LogP contribution < -0.4 is 5.32 Å². The number of amides is 1. The number of carbonyl (C=O) groups is 1. The minimum Gasteiger partial charge on any atom is -0.456 e. The van der Waals surface area contributed by atoms with Crippen LogP contribution in [0.2, 0.25) is 5.02 Å². The van der Waals surface area contributed by atoms with E-state index in [2.05, 4.69) is 27.9 Å². The maximum atomic E-state index is 12.4. The van der Waals surface area contributed by atoms with E-state index >= 15 is 0 Å². The average Bonchev–Trinajstić information content (AvgIpc) is 3.14. The Morgan fingerprint density at radius 2 is 2.03 bits per heavy atom. The molecule has 0 radical (unpaired) electrons. The third-order valence-corrected chi connectivity index (χ3v) is 4.69. The molecule has 3 aromatic rings. The topological polar surface area (TPSA) is 109 Å². The van der Waals surface area contributed by atoms with E-state index in [1.165, 1.54) is 36.4 Å². The minimum atomic E-state index is -0.593. The zero-order valence-corrected chi connectivity index (χ0v) is 17.5. The van der Waals surface area contributed by atoms with Crippen molar-refractivity contribution < 1.29 is 14.1 Å². The standard InChI is InChI=1S/C20H11ClIN3O4/c21-13-4-6-17(18(9-13)25(27)28)19-7-5-16(29-19)8-12(11-23)20(26)24-15-3-1-2-14(22)10-15/h1-10H,(H,24,26)/b12-8+. The molecule has 1 heterocycles. The largest absolute Gasteiger partial charge is 0.456 e. The number of nitro groups is 1. The molecule has 0 aliphatic heterocycles. The van der Waals surface area contributed by atoms with Gasteiger partial charge in [0, 0.05) is 26.4 Å². The first kappa shape index (κ1) is 20.6. The normalized spacial score (nSPS) is 11.0. The number of hydrogen-bond acceptors (Lipinski definition) is 5. The van der Waals surface area contributed by atoms with Gasteiger partial charge < -0.3 is 9.73 Å². The fourth-order valence-electron chi connectivity index (χ4n) is 2.49. The molecule has 1 amide bonds. The van der Waals surface area contributed by atoms with Gasteiger partial charge in [0.1, 0.15) is 23.2 Å². The van der Waals surface area contributed by atoms with Gasteiger partial charge in [0.15, 0.2) is 0 Å². The van der Waals surface area contributed by atoms with Gasteiger partial charge in [0.25, 0.3) is 11.6 Å². The van der Waals surface area contributed by atoms with Gasteiger partial charge in [0.2, 0.25) is 0 Å². The number of hydrogen-bond donors (Lipinski definition) is 1. The van der Waals surface area contributed by atoms with Crippen molar-refractivity contribution in [2.24, 2.45) is 0 Å². The minimum absolute atomic E-state index is 0.171. The lowest BCUT2D eigenvalue weighted by Crippen LogP contribution is -2.13. The molecule has 144 valence electrons. The SMILES string of the molecule is N#C/C(=C\c1ccc(-c2ccc(Cl)cc2[N+](=O)[O-])o1)C(=O)Nc1cccc(I)c1. The maximum Gasteiger partial charge on any atom is 0.281 e. The van der Waals surface area contributed by atoms with Crippen molar-refractivity contribution in [1.29, 1.82) is 5.26 Å². The number of anilines is 1. The molecule has 9 heteroatoms. The highest BCUT2D eigenvalue weighted by Gasteiger charge is 2.19. The zero-order chi connectivity index (χ0) is 21.0. The number of nitrogens with zero attached hydrogens (tertiary/aromatic N) is 2. The van der Waals surface area contributed by atoms with Crippen LogP contribution in [0.25, 0.3) is 17.4 Å². The zero-order valence-electron chi connectivity index (χ0n) is 14.6. The molecule has 3 rings (SSSR count). The molecule has 0 fully saturated rings. The lowest BCUT2D eigenvalue weighted by atomic mass is 10.1. The van der Waals surface area contributed by atoms with Crippen molar-refractivity contribution >= 4 is 57.5 Å². The molecule has 0 atom stereocenters. The Balaban J connectivity index is 1.87. The fourth-order valence-corrected chi connectivity index (χ4v) is 3.20. The summed E-state index contributed by atoms with van der Waals surface area (Å²) in [6.07, 6.45) is 1.27. The number of halogens is 2. The number of rotatable bonds is 5. The van der Waals surface area contributed by atoms with E-state index in [0.29, 0.717) is 5.69 Å². The highest BCUT2D eigenvalue weighted by atomic mass is 127. The predicted octanol–water partition coefficient (Wildman–Crippen LogP) is 5.66. The third kappa shape index (κ3) is 5.01. The van der Waals surface area contributed by atoms with Gasteiger partial charge in [-0.3, -0.25) is 14.9 Å². The van der Waals surface area contributed by atoms with Gasteiger partial charge in [-0.2, -0.15) is 5.26 Å². The van der Waals surface area contributed by atoms with E-state index in [0.717, 1.165) is 3.57 Å². The number of nitriles is 1. The van der Waals surface area contributed by atoms with Crippen molar-refractivity contribution in [3.63, 3.8) is 0 Å². The Bertz CT molecular complexity index is 1180. The summed E-state index contributed by atoms with van der Waals surface area (Å²) in [4.78, 5) is 23.1. The van der Waals surface area contributed by atoms with E-state index < -0.39 is 10.8 Å². The summed E-state index contributed by atoms with van der Waals surface area (Å²) >= 11 is 7.94. The molecule has 0 bridgehead atoms. The van der Waals surface area contributed by atoms with Crippen LogP contribution in [0.15, 0.2) is 64.6 Å². The fraction of sp³-hybridized carbons (Fsp3) is 0. The molecule has 2 aromatic carbocycles. The van der Waals surface area contributed by atoms with Gasteiger partial charge in [-0.25, -0.2) is 0 Å². The van der Waals surface area contributed by atoms with E-state index in [9.17, 15) is 20.2 Å². The first-order valence-corrected chi connectivity index (χ1v) is 9.56. The molecule has 0 spiro atoms. The summed E-state index contributed by atoms with van der Waals surface area (Å²) in [7, 11) is 0. The van der Waals surface area contributed by atoms with E-state index in [1.807, 2.05) is 12.1 Å². The molecule has 0 saturated heterocycles. The van der Waals surface area contributed by atoms with Crippen molar-refractivity contribution in [1.82, 2.24) is 0 Å². The van der Waals surface area contributed by atoms with E-state index in [-0.39, 0.29) is 33.4 Å². The molecule has 29 heavy (non-hydrogen) atoms. The Hall–Kier alpha value is -3.16. The smallest absolute Gasteiger partial charge is 0.281 e.